The Kier molecular flexibility index (Phi) is 7.32. The number of hydrogen-bond acceptors (Lipinski definition) is 5. The number of carbonyl (C=O) groups is 1. The van der Waals surface area contributed by atoms with Crippen molar-refractivity contribution in [3.63, 3.8) is 0 Å². The zero-order valence-corrected chi connectivity index (χ0v) is 15.7. The van der Waals surface area contributed by atoms with Crippen molar-refractivity contribution in [1.82, 2.24) is 4.90 Å². The summed E-state index contributed by atoms with van der Waals surface area (Å²) in [6.45, 7) is 2.08. The van der Waals surface area contributed by atoms with Gasteiger partial charge in [-0.25, -0.2) is 8.42 Å². The summed E-state index contributed by atoms with van der Waals surface area (Å²) in [7, 11) is -3.24. The van der Waals surface area contributed by atoms with E-state index < -0.39 is 9.84 Å². The standard InChI is InChI=1S/C19H25N3O3S/c1-26(24,25)18-9-7-17(8-10-18)21-19(23)15-22(14-12-20)13-11-16-5-3-2-4-6-16/h2-10H,11-15,20H2,1H3,(H,21,23). The molecule has 0 saturated carbocycles. The quantitative estimate of drug-likeness (QED) is 0.693. The van der Waals surface area contributed by atoms with Crippen LogP contribution in [0.2, 0.25) is 0 Å². The predicted molar refractivity (Wildman–Crippen MR) is 104 cm³/mol. The number of hydrogen-bond donors (Lipinski definition) is 2. The summed E-state index contributed by atoms with van der Waals surface area (Å²) in [5.41, 5.74) is 7.44. The Labute approximate surface area is 154 Å². The van der Waals surface area contributed by atoms with Crippen LogP contribution in [-0.2, 0) is 21.1 Å². The van der Waals surface area contributed by atoms with E-state index in [9.17, 15) is 13.2 Å². The predicted octanol–water partition coefficient (Wildman–Crippen LogP) is 1.53. The lowest BCUT2D eigenvalue weighted by Gasteiger charge is -2.21. The van der Waals surface area contributed by atoms with Crippen LogP contribution in [0, 0.1) is 0 Å². The van der Waals surface area contributed by atoms with Crippen molar-refractivity contribution >= 4 is 21.4 Å². The second-order valence-corrected chi connectivity index (χ2v) is 8.16. The van der Waals surface area contributed by atoms with Crippen molar-refractivity contribution in [3.8, 4) is 0 Å². The maximum atomic E-state index is 12.3. The maximum Gasteiger partial charge on any atom is 0.238 e. The van der Waals surface area contributed by atoms with Gasteiger partial charge in [0, 0.05) is 31.6 Å². The molecule has 0 aromatic heterocycles. The molecule has 0 aliphatic heterocycles. The smallest absolute Gasteiger partial charge is 0.238 e. The van der Waals surface area contributed by atoms with E-state index in [4.69, 9.17) is 5.73 Å². The van der Waals surface area contributed by atoms with E-state index in [1.807, 2.05) is 23.1 Å². The van der Waals surface area contributed by atoms with Gasteiger partial charge in [-0.2, -0.15) is 0 Å². The minimum Gasteiger partial charge on any atom is -0.329 e. The molecule has 140 valence electrons. The number of carbonyl (C=O) groups excluding carboxylic acids is 1. The lowest BCUT2D eigenvalue weighted by molar-refractivity contribution is -0.117. The second kappa shape index (κ2) is 9.47. The number of benzene rings is 2. The molecule has 0 fully saturated rings. The first-order valence-electron chi connectivity index (χ1n) is 8.45. The molecule has 0 saturated heterocycles. The molecule has 0 atom stereocenters. The van der Waals surface area contributed by atoms with E-state index >= 15 is 0 Å². The largest absolute Gasteiger partial charge is 0.329 e. The molecule has 0 spiro atoms. The fourth-order valence-electron chi connectivity index (χ4n) is 2.57. The number of rotatable bonds is 9. The van der Waals surface area contributed by atoms with Gasteiger partial charge in [-0.3, -0.25) is 9.69 Å². The molecule has 2 aromatic rings. The fourth-order valence-corrected chi connectivity index (χ4v) is 3.20. The van der Waals surface area contributed by atoms with Gasteiger partial charge in [0.25, 0.3) is 0 Å². The molecule has 0 heterocycles. The number of sulfone groups is 1. The molecular formula is C19H25N3O3S. The maximum absolute atomic E-state index is 12.3. The third-order valence-electron chi connectivity index (χ3n) is 3.94. The molecule has 3 N–H and O–H groups in total. The molecule has 0 radical (unpaired) electrons. The number of anilines is 1. The minimum absolute atomic E-state index is 0.154. The fraction of sp³-hybridized carbons (Fsp3) is 0.316. The Morgan fingerprint density at radius 3 is 2.27 bits per heavy atom. The zero-order valence-electron chi connectivity index (χ0n) is 14.9. The first kappa shape index (κ1) is 20.1. The number of amides is 1. The molecule has 26 heavy (non-hydrogen) atoms. The Balaban J connectivity index is 1.90. The molecule has 2 rings (SSSR count). The Bertz CT molecular complexity index is 806. The topological polar surface area (TPSA) is 92.5 Å². The summed E-state index contributed by atoms with van der Waals surface area (Å²) in [5.74, 6) is -0.154. The van der Waals surface area contributed by atoms with Gasteiger partial charge in [-0.15, -0.1) is 0 Å². The van der Waals surface area contributed by atoms with E-state index in [0.717, 1.165) is 19.2 Å². The molecule has 0 aliphatic carbocycles. The first-order valence-corrected chi connectivity index (χ1v) is 10.3. The van der Waals surface area contributed by atoms with Gasteiger partial charge in [0.1, 0.15) is 0 Å². The van der Waals surface area contributed by atoms with Crippen LogP contribution in [0.25, 0.3) is 0 Å². The molecule has 0 aliphatic rings. The number of nitrogens with zero attached hydrogens (tertiary/aromatic N) is 1. The van der Waals surface area contributed by atoms with Crippen LogP contribution >= 0.6 is 0 Å². The SMILES string of the molecule is CS(=O)(=O)c1ccc(NC(=O)CN(CCN)CCc2ccccc2)cc1. The van der Waals surface area contributed by atoms with Crippen LogP contribution in [0.4, 0.5) is 5.69 Å². The van der Waals surface area contributed by atoms with Gasteiger partial charge < -0.3 is 11.1 Å². The molecule has 2 aromatic carbocycles. The zero-order chi connectivity index (χ0) is 19.0. The van der Waals surface area contributed by atoms with E-state index in [1.165, 1.54) is 17.7 Å². The molecule has 6 nitrogen and oxygen atoms in total. The third-order valence-corrected chi connectivity index (χ3v) is 5.07. The van der Waals surface area contributed by atoms with Crippen LogP contribution in [0.5, 0.6) is 0 Å². The average molecular weight is 375 g/mol. The minimum atomic E-state index is -3.24. The van der Waals surface area contributed by atoms with Crippen molar-refractivity contribution < 1.29 is 13.2 Å². The molecule has 0 bridgehead atoms. The summed E-state index contributed by atoms with van der Waals surface area (Å²) < 4.78 is 22.9. The average Bonchev–Trinajstić information content (AvgIpc) is 2.60. The second-order valence-electron chi connectivity index (χ2n) is 6.15. The van der Waals surface area contributed by atoms with Crippen LogP contribution in [0.1, 0.15) is 5.56 Å². The highest BCUT2D eigenvalue weighted by atomic mass is 32.2. The van der Waals surface area contributed by atoms with E-state index in [1.54, 1.807) is 12.1 Å². The number of nitrogens with two attached hydrogens (primary N) is 1. The third kappa shape index (κ3) is 6.59. The lowest BCUT2D eigenvalue weighted by atomic mass is 10.1. The Hall–Kier alpha value is -2.22. The van der Waals surface area contributed by atoms with Gasteiger partial charge in [0.2, 0.25) is 5.91 Å². The first-order chi connectivity index (χ1) is 12.4. The highest BCUT2D eigenvalue weighted by Gasteiger charge is 2.11. The summed E-state index contributed by atoms with van der Waals surface area (Å²) >= 11 is 0. The van der Waals surface area contributed by atoms with Crippen molar-refractivity contribution in [2.75, 3.05) is 37.8 Å². The van der Waals surface area contributed by atoms with E-state index in [2.05, 4.69) is 17.4 Å². The van der Waals surface area contributed by atoms with Crippen LogP contribution in [0.15, 0.2) is 59.5 Å². The van der Waals surface area contributed by atoms with E-state index in [-0.39, 0.29) is 17.3 Å². The van der Waals surface area contributed by atoms with Crippen LogP contribution < -0.4 is 11.1 Å². The molecule has 1 amide bonds. The van der Waals surface area contributed by atoms with Crippen LogP contribution in [-0.4, -0.2) is 51.7 Å². The van der Waals surface area contributed by atoms with Crippen molar-refractivity contribution in [2.45, 2.75) is 11.3 Å². The van der Waals surface area contributed by atoms with Gasteiger partial charge in [0.15, 0.2) is 9.84 Å². The van der Waals surface area contributed by atoms with Crippen molar-refractivity contribution in [2.24, 2.45) is 5.73 Å². The molecule has 0 unspecified atom stereocenters. The summed E-state index contributed by atoms with van der Waals surface area (Å²) in [4.78, 5) is 14.5. The van der Waals surface area contributed by atoms with Crippen LogP contribution in [0.3, 0.4) is 0 Å². The summed E-state index contributed by atoms with van der Waals surface area (Å²) in [6.07, 6.45) is 2.00. The van der Waals surface area contributed by atoms with Gasteiger partial charge >= 0.3 is 0 Å². The van der Waals surface area contributed by atoms with Crippen molar-refractivity contribution in [3.05, 3.63) is 60.2 Å². The molecular weight excluding hydrogens is 350 g/mol. The highest BCUT2D eigenvalue weighted by molar-refractivity contribution is 7.90. The van der Waals surface area contributed by atoms with E-state index in [0.29, 0.717) is 18.8 Å². The lowest BCUT2D eigenvalue weighted by Crippen LogP contribution is -2.37. The summed E-state index contributed by atoms with van der Waals surface area (Å²) in [5, 5.41) is 2.79. The Morgan fingerprint density at radius 1 is 1.04 bits per heavy atom. The van der Waals surface area contributed by atoms with Crippen molar-refractivity contribution in [1.29, 1.82) is 0 Å². The highest BCUT2D eigenvalue weighted by Crippen LogP contribution is 2.14. The summed E-state index contributed by atoms with van der Waals surface area (Å²) in [6, 6.07) is 16.2. The molecule has 7 heteroatoms. The normalized spacial score (nSPS) is 11.5. The number of nitrogens with one attached hydrogen (secondary N) is 1. The van der Waals surface area contributed by atoms with Gasteiger partial charge in [-0.1, -0.05) is 30.3 Å². The van der Waals surface area contributed by atoms with Gasteiger partial charge in [0.05, 0.1) is 11.4 Å². The monoisotopic (exact) mass is 375 g/mol. The van der Waals surface area contributed by atoms with Gasteiger partial charge in [-0.05, 0) is 36.2 Å². The Morgan fingerprint density at radius 2 is 1.69 bits per heavy atom.